The molecule has 2 aromatic carbocycles. The molecule has 0 saturated heterocycles. The zero-order valence-corrected chi connectivity index (χ0v) is 20.0. The van der Waals surface area contributed by atoms with Crippen molar-refractivity contribution in [2.75, 3.05) is 38.2 Å². The van der Waals surface area contributed by atoms with Gasteiger partial charge in [-0.15, -0.1) is 0 Å². The van der Waals surface area contributed by atoms with E-state index in [-0.39, 0.29) is 5.91 Å². The summed E-state index contributed by atoms with van der Waals surface area (Å²) in [5.74, 6) is -0.138. The van der Waals surface area contributed by atoms with E-state index in [4.69, 9.17) is 5.10 Å². The van der Waals surface area contributed by atoms with E-state index in [1.807, 2.05) is 55.4 Å². The fourth-order valence-electron chi connectivity index (χ4n) is 3.50. The molecule has 0 aliphatic heterocycles. The Hall–Kier alpha value is -3.76. The predicted molar refractivity (Wildman–Crippen MR) is 133 cm³/mol. The average molecular weight is 479 g/mol. The minimum atomic E-state index is -3.39. The predicted octanol–water partition coefficient (Wildman–Crippen LogP) is 2.73. The van der Waals surface area contributed by atoms with Gasteiger partial charge in [-0.2, -0.15) is 5.10 Å². The summed E-state index contributed by atoms with van der Waals surface area (Å²) in [5.41, 5.74) is 4.63. The van der Waals surface area contributed by atoms with Crippen LogP contribution >= 0.6 is 0 Å². The van der Waals surface area contributed by atoms with Crippen molar-refractivity contribution in [3.05, 3.63) is 72.4 Å². The maximum Gasteiger partial charge on any atom is 0.251 e. The molecule has 0 saturated carbocycles. The monoisotopic (exact) mass is 478 g/mol. The molecule has 0 fully saturated rings. The van der Waals surface area contributed by atoms with E-state index in [2.05, 4.69) is 15.0 Å². The molecule has 10 heteroatoms. The Morgan fingerprint density at radius 2 is 1.79 bits per heavy atom. The van der Waals surface area contributed by atoms with Gasteiger partial charge >= 0.3 is 0 Å². The molecule has 4 aromatic rings. The normalized spacial score (nSPS) is 11.6. The van der Waals surface area contributed by atoms with Gasteiger partial charge in [-0.05, 0) is 50.5 Å². The van der Waals surface area contributed by atoms with Crippen LogP contribution in [0.25, 0.3) is 28.2 Å². The number of aromatic nitrogens is 3. The van der Waals surface area contributed by atoms with Gasteiger partial charge in [0.05, 0.1) is 23.8 Å². The van der Waals surface area contributed by atoms with Crippen molar-refractivity contribution in [2.45, 2.75) is 0 Å². The lowest BCUT2D eigenvalue weighted by molar-refractivity contribution is 0.0951. The molecular formula is C24H26N6O3S. The molecule has 0 aliphatic carbocycles. The van der Waals surface area contributed by atoms with Crippen molar-refractivity contribution in [3.63, 3.8) is 0 Å². The van der Waals surface area contributed by atoms with Crippen molar-refractivity contribution >= 4 is 27.3 Å². The van der Waals surface area contributed by atoms with Gasteiger partial charge in [0, 0.05) is 35.5 Å². The minimum Gasteiger partial charge on any atom is -0.351 e. The molecule has 34 heavy (non-hydrogen) atoms. The number of hydrogen-bond acceptors (Lipinski definition) is 6. The van der Waals surface area contributed by atoms with Crippen LogP contribution in [-0.2, 0) is 10.0 Å². The molecule has 4 rings (SSSR count). The van der Waals surface area contributed by atoms with Gasteiger partial charge in [0.1, 0.15) is 0 Å². The summed E-state index contributed by atoms with van der Waals surface area (Å²) in [7, 11) is 0.524. The highest BCUT2D eigenvalue weighted by atomic mass is 32.2. The van der Waals surface area contributed by atoms with E-state index < -0.39 is 10.0 Å². The zero-order valence-electron chi connectivity index (χ0n) is 19.2. The van der Waals surface area contributed by atoms with Crippen molar-refractivity contribution in [3.8, 4) is 22.5 Å². The number of carbonyl (C=O) groups is 1. The van der Waals surface area contributed by atoms with E-state index in [0.717, 1.165) is 29.6 Å². The van der Waals surface area contributed by atoms with Gasteiger partial charge < -0.3 is 10.2 Å². The highest BCUT2D eigenvalue weighted by Crippen LogP contribution is 2.25. The van der Waals surface area contributed by atoms with Gasteiger partial charge in [0.2, 0.25) is 10.0 Å². The number of carbonyl (C=O) groups excluding carboxylic acids is 1. The summed E-state index contributed by atoms with van der Waals surface area (Å²) in [6.07, 6.45) is 2.83. The second-order valence-corrected chi connectivity index (χ2v) is 9.98. The number of fused-ring (bicyclic) bond motifs is 1. The number of likely N-dealkylation sites (N-methyl/N-ethyl adjacent to an activating group) is 1. The lowest BCUT2D eigenvalue weighted by Gasteiger charge is -2.11. The summed E-state index contributed by atoms with van der Waals surface area (Å²) in [6.45, 7) is 1.32. The van der Waals surface area contributed by atoms with E-state index in [1.54, 1.807) is 35.0 Å². The highest BCUT2D eigenvalue weighted by molar-refractivity contribution is 7.92. The number of amides is 1. The average Bonchev–Trinajstić information content (AvgIpc) is 3.21. The van der Waals surface area contributed by atoms with E-state index in [9.17, 15) is 13.2 Å². The number of nitrogens with one attached hydrogen (secondary N) is 2. The van der Waals surface area contributed by atoms with E-state index in [1.165, 1.54) is 0 Å². The zero-order chi connectivity index (χ0) is 24.3. The quantitative estimate of drug-likeness (QED) is 0.403. The first kappa shape index (κ1) is 23.4. The second kappa shape index (κ2) is 9.62. The third-order valence-corrected chi connectivity index (χ3v) is 5.70. The molecule has 0 radical (unpaired) electrons. The molecule has 0 spiro atoms. The molecule has 1 amide bonds. The Morgan fingerprint density at radius 1 is 1.03 bits per heavy atom. The van der Waals surface area contributed by atoms with Gasteiger partial charge in [0.25, 0.3) is 5.91 Å². The summed E-state index contributed by atoms with van der Waals surface area (Å²) in [4.78, 5) is 19.0. The standard InChI is InChI=1S/C24H26N6O3S/c1-29(2)13-12-25-24(31)19-8-4-7-18(14-19)22-16-26-23-11-10-21(27-30(22)23)17-6-5-9-20(15-17)28-34(3,32)33/h4-11,14-16,28H,12-13H2,1-3H3,(H,25,31). The SMILES string of the molecule is CN(C)CCNC(=O)c1cccc(-c2cnc3ccc(-c4cccc(NS(C)(=O)=O)c4)nn23)c1. The van der Waals surface area contributed by atoms with Gasteiger partial charge in [-0.3, -0.25) is 9.52 Å². The van der Waals surface area contributed by atoms with Gasteiger partial charge in [0.15, 0.2) is 5.65 Å². The number of sulfonamides is 1. The number of hydrogen-bond donors (Lipinski definition) is 2. The molecule has 0 atom stereocenters. The first-order chi connectivity index (χ1) is 16.2. The van der Waals surface area contributed by atoms with Crippen LogP contribution in [0.5, 0.6) is 0 Å². The van der Waals surface area contributed by atoms with Crippen LogP contribution in [0.15, 0.2) is 66.9 Å². The van der Waals surface area contributed by atoms with Crippen LogP contribution in [0, 0.1) is 0 Å². The fraction of sp³-hybridized carbons (Fsp3) is 0.208. The van der Waals surface area contributed by atoms with Crippen LogP contribution in [0.4, 0.5) is 5.69 Å². The lowest BCUT2D eigenvalue weighted by atomic mass is 10.1. The van der Waals surface area contributed by atoms with Crippen LogP contribution in [0.3, 0.4) is 0 Å². The Bertz CT molecular complexity index is 1450. The number of benzene rings is 2. The molecular weight excluding hydrogens is 452 g/mol. The molecule has 0 aliphatic rings. The van der Waals surface area contributed by atoms with Gasteiger partial charge in [-0.1, -0.05) is 24.3 Å². The third kappa shape index (κ3) is 5.59. The first-order valence-electron chi connectivity index (χ1n) is 10.7. The summed E-state index contributed by atoms with van der Waals surface area (Å²) < 4.78 is 27.4. The Morgan fingerprint density at radius 3 is 2.56 bits per heavy atom. The maximum atomic E-state index is 12.6. The Labute approximate surface area is 198 Å². The van der Waals surface area contributed by atoms with Crippen LogP contribution in [0.2, 0.25) is 0 Å². The summed E-state index contributed by atoms with van der Waals surface area (Å²) in [6, 6.07) is 18.0. The molecule has 9 nitrogen and oxygen atoms in total. The molecule has 2 aromatic heterocycles. The maximum absolute atomic E-state index is 12.6. The van der Waals surface area contributed by atoms with Crippen molar-refractivity contribution < 1.29 is 13.2 Å². The topological polar surface area (TPSA) is 109 Å². The molecule has 0 bridgehead atoms. The van der Waals surface area contributed by atoms with Crippen LogP contribution in [-0.4, -0.2) is 67.3 Å². The number of anilines is 1. The van der Waals surface area contributed by atoms with E-state index >= 15 is 0 Å². The smallest absolute Gasteiger partial charge is 0.251 e. The molecule has 176 valence electrons. The molecule has 2 heterocycles. The number of rotatable bonds is 8. The van der Waals surface area contributed by atoms with Crippen molar-refractivity contribution in [2.24, 2.45) is 0 Å². The highest BCUT2D eigenvalue weighted by Gasteiger charge is 2.13. The largest absolute Gasteiger partial charge is 0.351 e. The number of nitrogens with zero attached hydrogens (tertiary/aromatic N) is 4. The lowest BCUT2D eigenvalue weighted by Crippen LogP contribution is -2.31. The first-order valence-corrected chi connectivity index (χ1v) is 12.6. The van der Waals surface area contributed by atoms with Crippen LogP contribution in [0.1, 0.15) is 10.4 Å². The minimum absolute atomic E-state index is 0.138. The molecule has 2 N–H and O–H groups in total. The number of imidazole rings is 1. The Kier molecular flexibility index (Phi) is 6.62. The van der Waals surface area contributed by atoms with E-state index in [0.29, 0.717) is 29.1 Å². The van der Waals surface area contributed by atoms with Crippen molar-refractivity contribution in [1.29, 1.82) is 0 Å². The Balaban J connectivity index is 1.65. The third-order valence-electron chi connectivity index (χ3n) is 5.09. The fourth-order valence-corrected chi connectivity index (χ4v) is 4.05. The molecule has 0 unspecified atom stereocenters. The summed E-state index contributed by atoms with van der Waals surface area (Å²) >= 11 is 0. The van der Waals surface area contributed by atoms with Crippen molar-refractivity contribution in [1.82, 2.24) is 24.8 Å². The van der Waals surface area contributed by atoms with Crippen LogP contribution < -0.4 is 10.0 Å². The second-order valence-electron chi connectivity index (χ2n) is 8.23. The van der Waals surface area contributed by atoms with Gasteiger partial charge in [-0.25, -0.2) is 17.9 Å². The summed E-state index contributed by atoms with van der Waals surface area (Å²) in [5, 5.41) is 7.66.